The minimum Gasteiger partial charge on any atom is -0.392 e. The van der Waals surface area contributed by atoms with Gasteiger partial charge >= 0.3 is 0 Å². The Bertz CT molecular complexity index is 404. The molecule has 0 bridgehead atoms. The Hall–Kier alpha value is -0.240. The molecule has 1 unspecified atom stereocenters. The molecule has 7 heteroatoms. The van der Waals surface area contributed by atoms with E-state index in [-0.39, 0.29) is 11.8 Å². The summed E-state index contributed by atoms with van der Waals surface area (Å²) < 4.78 is 23.4. The monoisotopic (exact) mass is 321 g/mol. The summed E-state index contributed by atoms with van der Waals surface area (Å²) in [6, 6.07) is 0.177. The van der Waals surface area contributed by atoms with Crippen molar-refractivity contribution < 1.29 is 8.42 Å². The Morgan fingerprint density at radius 3 is 2.25 bits per heavy atom. The fraction of sp³-hybridized carbons (Fsp3) is 0.923. The van der Waals surface area contributed by atoms with Gasteiger partial charge in [-0.15, -0.1) is 0 Å². The van der Waals surface area contributed by atoms with E-state index in [9.17, 15) is 8.42 Å². The van der Waals surface area contributed by atoms with Crippen molar-refractivity contribution in [3.05, 3.63) is 0 Å². The maximum Gasteiger partial charge on any atom is 0.151 e. The third kappa shape index (κ3) is 5.63. The lowest BCUT2D eigenvalue weighted by Gasteiger charge is -2.38. The fourth-order valence-corrected chi connectivity index (χ4v) is 4.30. The van der Waals surface area contributed by atoms with E-state index in [0.717, 1.165) is 32.6 Å². The van der Waals surface area contributed by atoms with Crippen LogP contribution in [0.5, 0.6) is 0 Å². The van der Waals surface area contributed by atoms with E-state index in [1.54, 1.807) is 0 Å². The molecular weight excluding hydrogens is 294 g/mol. The molecule has 0 aliphatic carbocycles. The van der Waals surface area contributed by atoms with E-state index in [1.165, 1.54) is 0 Å². The Morgan fingerprint density at radius 2 is 1.80 bits per heavy atom. The molecule has 1 aliphatic heterocycles. The van der Waals surface area contributed by atoms with Crippen molar-refractivity contribution >= 4 is 27.0 Å². The summed E-state index contributed by atoms with van der Waals surface area (Å²) in [4.78, 5) is 5.08. The molecule has 1 saturated heterocycles. The normalized spacial score (nSPS) is 19.9. The van der Waals surface area contributed by atoms with E-state index < -0.39 is 9.84 Å². The molecule has 0 spiro atoms. The summed E-state index contributed by atoms with van der Waals surface area (Å²) in [7, 11) is -2.88. The molecule has 1 fully saturated rings. The van der Waals surface area contributed by atoms with Gasteiger partial charge in [0.25, 0.3) is 0 Å². The molecule has 0 aromatic rings. The van der Waals surface area contributed by atoms with Crippen LogP contribution in [0, 0.1) is 0 Å². The lowest BCUT2D eigenvalue weighted by atomic mass is 10.1. The van der Waals surface area contributed by atoms with Crippen LogP contribution in [0.1, 0.15) is 26.7 Å². The molecule has 0 aromatic heterocycles. The topological polar surface area (TPSA) is 66.6 Å². The smallest absolute Gasteiger partial charge is 0.151 e. The molecule has 5 nitrogen and oxygen atoms in total. The highest BCUT2D eigenvalue weighted by molar-refractivity contribution is 7.91. The van der Waals surface area contributed by atoms with Gasteiger partial charge in [-0.3, -0.25) is 9.80 Å². The first-order chi connectivity index (χ1) is 9.39. The molecule has 1 rings (SSSR count). The van der Waals surface area contributed by atoms with Crippen LogP contribution in [-0.2, 0) is 9.84 Å². The summed E-state index contributed by atoms with van der Waals surface area (Å²) >= 11 is 5.10. The highest BCUT2D eigenvalue weighted by atomic mass is 32.2. The van der Waals surface area contributed by atoms with Crippen LogP contribution in [0.25, 0.3) is 0 Å². The maximum atomic E-state index is 11.7. The molecule has 118 valence electrons. The van der Waals surface area contributed by atoms with Crippen molar-refractivity contribution in [2.75, 3.05) is 44.2 Å². The van der Waals surface area contributed by atoms with Crippen LogP contribution in [0.3, 0.4) is 0 Å². The van der Waals surface area contributed by atoms with Crippen molar-refractivity contribution in [3.8, 4) is 0 Å². The molecule has 1 atom stereocenters. The van der Waals surface area contributed by atoms with Gasteiger partial charge in [0.15, 0.2) is 9.84 Å². The Kier molecular flexibility index (Phi) is 7.36. The van der Waals surface area contributed by atoms with E-state index >= 15 is 0 Å². The van der Waals surface area contributed by atoms with Crippen molar-refractivity contribution in [1.82, 2.24) is 9.80 Å². The van der Waals surface area contributed by atoms with E-state index in [1.807, 2.05) is 6.92 Å². The van der Waals surface area contributed by atoms with Gasteiger partial charge in [-0.2, -0.15) is 0 Å². The molecule has 0 aromatic carbocycles. The van der Waals surface area contributed by atoms with Crippen LogP contribution in [0.4, 0.5) is 0 Å². The average molecular weight is 322 g/mol. The molecule has 0 radical (unpaired) electrons. The van der Waals surface area contributed by atoms with Gasteiger partial charge in [-0.1, -0.05) is 26.1 Å². The zero-order chi connectivity index (χ0) is 15.2. The number of hydrogen-bond acceptors (Lipinski definition) is 5. The second kappa shape index (κ2) is 8.26. The highest BCUT2D eigenvalue weighted by Crippen LogP contribution is 2.10. The zero-order valence-electron chi connectivity index (χ0n) is 12.5. The summed E-state index contributed by atoms with van der Waals surface area (Å²) in [6.07, 6.45) is 1.63. The number of sulfone groups is 1. The number of nitrogens with two attached hydrogens (primary N) is 1. The second-order valence-electron chi connectivity index (χ2n) is 5.36. The minimum atomic E-state index is -2.88. The summed E-state index contributed by atoms with van der Waals surface area (Å²) in [5.41, 5.74) is 5.76. The van der Waals surface area contributed by atoms with Gasteiger partial charge in [-0.05, 0) is 12.8 Å². The first-order valence-electron chi connectivity index (χ1n) is 7.35. The van der Waals surface area contributed by atoms with E-state index in [0.29, 0.717) is 23.7 Å². The number of hydrogen-bond donors (Lipinski definition) is 1. The first-order valence-corrected chi connectivity index (χ1v) is 9.58. The third-order valence-corrected chi connectivity index (χ3v) is 5.90. The molecule has 1 aliphatic rings. The van der Waals surface area contributed by atoms with Gasteiger partial charge in [0.1, 0.15) is 0 Å². The molecular formula is C13H27N3O2S2. The highest BCUT2D eigenvalue weighted by Gasteiger charge is 2.24. The maximum absolute atomic E-state index is 11.7. The van der Waals surface area contributed by atoms with Crippen molar-refractivity contribution in [2.24, 2.45) is 5.73 Å². The van der Waals surface area contributed by atoms with Crippen LogP contribution < -0.4 is 5.73 Å². The van der Waals surface area contributed by atoms with Crippen LogP contribution >= 0.6 is 12.2 Å². The Labute approximate surface area is 128 Å². The predicted molar refractivity (Wildman–Crippen MR) is 87.8 cm³/mol. The van der Waals surface area contributed by atoms with Crippen molar-refractivity contribution in [3.63, 3.8) is 0 Å². The average Bonchev–Trinajstić information content (AvgIpc) is 2.38. The number of nitrogens with zero attached hydrogens (tertiary/aromatic N) is 2. The van der Waals surface area contributed by atoms with Crippen molar-refractivity contribution in [1.29, 1.82) is 0 Å². The standard InChI is InChI=1S/C13H27N3O2S2/c1-3-10-20(17,18)11-9-15-5-7-16(8-6-15)12(4-2)13(14)19/h12H,3-11H2,1-2H3,(H2,14,19). The summed E-state index contributed by atoms with van der Waals surface area (Å²) in [6.45, 7) is 8.22. The van der Waals surface area contributed by atoms with Gasteiger partial charge in [0.2, 0.25) is 0 Å². The largest absolute Gasteiger partial charge is 0.392 e. The molecule has 1 heterocycles. The summed E-state index contributed by atoms with van der Waals surface area (Å²) in [5.74, 6) is 0.569. The predicted octanol–water partition coefficient (Wildman–Crippen LogP) is 0.494. The Balaban J connectivity index is 2.37. The van der Waals surface area contributed by atoms with E-state index in [4.69, 9.17) is 18.0 Å². The van der Waals surface area contributed by atoms with Crippen LogP contribution in [0.15, 0.2) is 0 Å². The van der Waals surface area contributed by atoms with Crippen LogP contribution in [0.2, 0.25) is 0 Å². The second-order valence-corrected chi connectivity index (χ2v) is 8.13. The molecule has 20 heavy (non-hydrogen) atoms. The number of piperazine rings is 1. The summed E-state index contributed by atoms with van der Waals surface area (Å²) in [5, 5.41) is 0. The lowest BCUT2D eigenvalue weighted by molar-refractivity contribution is 0.121. The third-order valence-electron chi connectivity index (χ3n) is 3.80. The van der Waals surface area contributed by atoms with Gasteiger partial charge in [-0.25, -0.2) is 8.42 Å². The minimum absolute atomic E-state index is 0.177. The van der Waals surface area contributed by atoms with Crippen molar-refractivity contribution in [2.45, 2.75) is 32.7 Å². The molecule has 2 N–H and O–H groups in total. The molecule has 0 saturated carbocycles. The quantitative estimate of drug-likeness (QED) is 0.657. The zero-order valence-corrected chi connectivity index (χ0v) is 14.2. The number of thiocarbonyl (C=S) groups is 1. The van der Waals surface area contributed by atoms with E-state index in [2.05, 4.69) is 16.7 Å². The van der Waals surface area contributed by atoms with Crippen LogP contribution in [-0.4, -0.2) is 73.5 Å². The SMILES string of the molecule is CCCS(=O)(=O)CCN1CCN(C(CC)C(N)=S)CC1. The van der Waals surface area contributed by atoms with Gasteiger partial charge in [0.05, 0.1) is 16.8 Å². The number of rotatable bonds is 8. The van der Waals surface area contributed by atoms with Gasteiger partial charge in [0, 0.05) is 38.5 Å². The Morgan fingerprint density at radius 1 is 1.20 bits per heavy atom. The lowest BCUT2D eigenvalue weighted by Crippen LogP contribution is -2.54. The first kappa shape index (κ1) is 17.8. The fourth-order valence-electron chi connectivity index (χ4n) is 2.62. The molecule has 0 amide bonds. The van der Waals surface area contributed by atoms with Gasteiger partial charge < -0.3 is 5.73 Å².